The summed E-state index contributed by atoms with van der Waals surface area (Å²) in [6, 6.07) is 15.9. The first-order chi connectivity index (χ1) is 19.0. The summed E-state index contributed by atoms with van der Waals surface area (Å²) in [5, 5.41) is 12.4. The molecule has 0 saturated carbocycles. The minimum absolute atomic E-state index is 0.0288. The second-order valence-electron chi connectivity index (χ2n) is 9.12. The lowest BCUT2D eigenvalue weighted by Gasteiger charge is -2.15. The molecule has 0 bridgehead atoms. The number of carbonyl (C=O) groups excluding carboxylic acids is 1. The van der Waals surface area contributed by atoms with E-state index in [9.17, 15) is 27.6 Å². The molecule has 0 aliphatic carbocycles. The summed E-state index contributed by atoms with van der Waals surface area (Å²) in [5.41, 5.74) is 1.08. The highest BCUT2D eigenvalue weighted by atomic mass is 19.4. The van der Waals surface area contributed by atoms with Crippen LogP contribution in [0.15, 0.2) is 70.3 Å². The van der Waals surface area contributed by atoms with Gasteiger partial charge in [-0.25, -0.2) is 14.3 Å². The van der Waals surface area contributed by atoms with Crippen LogP contribution in [0, 0.1) is 0 Å². The Morgan fingerprint density at radius 2 is 1.75 bits per heavy atom. The Labute approximate surface area is 221 Å². The third-order valence-corrected chi connectivity index (χ3v) is 6.65. The van der Waals surface area contributed by atoms with Gasteiger partial charge in [0.2, 0.25) is 0 Å². The number of rotatable bonds is 4. The zero-order valence-corrected chi connectivity index (χ0v) is 20.8. The van der Waals surface area contributed by atoms with Gasteiger partial charge in [0, 0.05) is 18.0 Å². The van der Waals surface area contributed by atoms with Gasteiger partial charge in [-0.3, -0.25) is 9.36 Å². The normalized spacial score (nSPS) is 12.8. The summed E-state index contributed by atoms with van der Waals surface area (Å²) < 4.78 is 41.7. The molecule has 0 radical (unpaired) electrons. The topological polar surface area (TPSA) is 130 Å². The predicted octanol–water partition coefficient (Wildman–Crippen LogP) is 3.12. The molecule has 0 saturated heterocycles. The number of nitrogens with zero attached hydrogens (tertiary/aromatic N) is 6. The van der Waals surface area contributed by atoms with E-state index in [-0.39, 0.29) is 27.5 Å². The highest BCUT2D eigenvalue weighted by Gasteiger charge is 2.42. The zero-order valence-electron chi connectivity index (χ0n) is 20.8. The Hall–Kier alpha value is -5.27. The van der Waals surface area contributed by atoms with Gasteiger partial charge in [-0.2, -0.15) is 13.2 Å². The van der Waals surface area contributed by atoms with Crippen molar-refractivity contribution in [1.29, 1.82) is 0 Å². The fraction of sp³-hybridized carbons (Fsp3) is 0.154. The van der Waals surface area contributed by atoms with Crippen LogP contribution in [0.25, 0.3) is 44.1 Å². The zero-order chi connectivity index (χ0) is 28.3. The van der Waals surface area contributed by atoms with Gasteiger partial charge < -0.3 is 9.82 Å². The van der Waals surface area contributed by atoms with Crippen molar-refractivity contribution in [3.8, 4) is 11.3 Å². The Balaban J connectivity index is 1.62. The number of benzene rings is 3. The lowest BCUT2D eigenvalue weighted by Crippen LogP contribution is -2.37. The van der Waals surface area contributed by atoms with Crippen LogP contribution >= 0.6 is 0 Å². The Bertz CT molecular complexity index is 2070. The van der Waals surface area contributed by atoms with E-state index >= 15 is 0 Å². The van der Waals surface area contributed by atoms with E-state index in [1.165, 1.54) is 16.8 Å². The van der Waals surface area contributed by atoms with Crippen LogP contribution < -0.4 is 16.1 Å². The molecule has 40 heavy (non-hydrogen) atoms. The first kappa shape index (κ1) is 25.0. The molecule has 11 nitrogen and oxygen atoms in total. The van der Waals surface area contributed by atoms with Crippen LogP contribution in [0.1, 0.15) is 18.5 Å². The number of hydrogen-bond acceptors (Lipinski definition) is 7. The van der Waals surface area contributed by atoms with Gasteiger partial charge in [0.1, 0.15) is 16.7 Å². The second kappa shape index (κ2) is 8.90. The first-order valence-corrected chi connectivity index (χ1v) is 11.9. The summed E-state index contributed by atoms with van der Waals surface area (Å²) >= 11 is 0. The third kappa shape index (κ3) is 4.00. The maximum atomic E-state index is 13.6. The minimum atomic E-state index is -5.29. The standard InChI is InChI=1S/C26H18F3N7O4/c1-13(14-6-4-3-5-7-14)35-23(37)16-11-17-20(12-19(16)30-25(35)39)36(40-24(38)26(27,28)29)32-22(17)15-8-9-18-21(10-15)34(2)33-31-18/h3-13H,1-2H3,(H,30,39). The van der Waals surface area contributed by atoms with Crippen LogP contribution in [-0.2, 0) is 11.8 Å². The molecule has 3 aromatic heterocycles. The van der Waals surface area contributed by atoms with Gasteiger partial charge in [-0.15, -0.1) is 10.2 Å². The highest BCUT2D eigenvalue weighted by Crippen LogP contribution is 2.32. The largest absolute Gasteiger partial charge is 0.493 e. The summed E-state index contributed by atoms with van der Waals surface area (Å²) in [5.74, 6) is -2.49. The second-order valence-corrected chi connectivity index (χ2v) is 9.12. The number of fused-ring (bicyclic) bond motifs is 3. The highest BCUT2D eigenvalue weighted by molar-refractivity contribution is 6.02. The van der Waals surface area contributed by atoms with Gasteiger partial charge in [0.05, 0.1) is 22.5 Å². The van der Waals surface area contributed by atoms with Gasteiger partial charge in [0.15, 0.2) is 0 Å². The van der Waals surface area contributed by atoms with E-state index in [0.717, 1.165) is 10.1 Å². The lowest BCUT2D eigenvalue weighted by molar-refractivity contribution is -0.200. The number of nitrogens with one attached hydrogen (secondary N) is 1. The Morgan fingerprint density at radius 1 is 1.00 bits per heavy atom. The molecule has 6 rings (SSSR count). The summed E-state index contributed by atoms with van der Waals surface area (Å²) in [7, 11) is 1.67. The molecule has 0 fully saturated rings. The van der Waals surface area contributed by atoms with E-state index in [0.29, 0.717) is 21.4 Å². The summed E-state index contributed by atoms with van der Waals surface area (Å²) in [4.78, 5) is 45.9. The molecule has 0 aliphatic heterocycles. The minimum Gasteiger partial charge on any atom is -0.309 e. The van der Waals surface area contributed by atoms with Crippen molar-refractivity contribution in [2.45, 2.75) is 19.1 Å². The first-order valence-electron chi connectivity index (χ1n) is 11.9. The maximum absolute atomic E-state index is 13.6. The summed E-state index contributed by atoms with van der Waals surface area (Å²) in [6.45, 7) is 1.70. The van der Waals surface area contributed by atoms with Crippen molar-refractivity contribution in [3.05, 3.63) is 87.1 Å². The van der Waals surface area contributed by atoms with Gasteiger partial charge in [-0.1, -0.05) is 46.5 Å². The number of aromatic nitrogens is 7. The average molecular weight is 549 g/mol. The average Bonchev–Trinajstić information content (AvgIpc) is 3.47. The molecule has 202 valence electrons. The van der Waals surface area contributed by atoms with Crippen LogP contribution in [0.5, 0.6) is 0 Å². The van der Waals surface area contributed by atoms with Crippen molar-refractivity contribution in [2.24, 2.45) is 7.05 Å². The van der Waals surface area contributed by atoms with Gasteiger partial charge in [-0.05, 0) is 36.8 Å². The molecule has 1 unspecified atom stereocenters. The van der Waals surface area contributed by atoms with Gasteiger partial charge in [0.25, 0.3) is 5.56 Å². The number of hydrogen-bond donors (Lipinski definition) is 1. The van der Waals surface area contributed by atoms with Crippen molar-refractivity contribution >= 4 is 38.8 Å². The smallest absolute Gasteiger partial charge is 0.309 e. The maximum Gasteiger partial charge on any atom is 0.493 e. The fourth-order valence-electron chi connectivity index (χ4n) is 4.64. The number of H-pyrrole nitrogens is 1. The number of carbonyl (C=O) groups is 1. The van der Waals surface area contributed by atoms with Crippen LogP contribution in [0.2, 0.25) is 0 Å². The Morgan fingerprint density at radius 3 is 2.48 bits per heavy atom. The lowest BCUT2D eigenvalue weighted by atomic mass is 10.0. The molecule has 6 aromatic rings. The van der Waals surface area contributed by atoms with Crippen LogP contribution in [0.3, 0.4) is 0 Å². The molecule has 0 spiro atoms. The molecule has 1 atom stereocenters. The van der Waals surface area contributed by atoms with Crippen molar-refractivity contribution in [1.82, 2.24) is 34.5 Å². The predicted molar refractivity (Wildman–Crippen MR) is 138 cm³/mol. The molecular formula is C26H18F3N7O4. The fourth-order valence-corrected chi connectivity index (χ4v) is 4.64. The van der Waals surface area contributed by atoms with Crippen molar-refractivity contribution < 1.29 is 22.8 Å². The van der Waals surface area contributed by atoms with Crippen LogP contribution in [0.4, 0.5) is 13.2 Å². The molecular weight excluding hydrogens is 531 g/mol. The molecule has 1 N–H and O–H groups in total. The Kier molecular flexibility index (Phi) is 5.57. The molecule has 3 heterocycles. The van der Waals surface area contributed by atoms with E-state index in [1.54, 1.807) is 56.4 Å². The SMILES string of the molecule is CC(c1ccccc1)n1c(=O)[nH]c2cc3c(cc2c1=O)c(-c1ccc2nnn(C)c2c1)nn3OC(=O)C(F)(F)F. The molecule has 3 aromatic carbocycles. The number of alkyl halides is 3. The van der Waals surface area contributed by atoms with Crippen molar-refractivity contribution in [3.63, 3.8) is 0 Å². The van der Waals surface area contributed by atoms with E-state index in [2.05, 4.69) is 25.2 Å². The van der Waals surface area contributed by atoms with Crippen molar-refractivity contribution in [2.75, 3.05) is 0 Å². The monoisotopic (exact) mass is 549 g/mol. The van der Waals surface area contributed by atoms with E-state index in [4.69, 9.17) is 0 Å². The quantitative estimate of drug-likeness (QED) is 0.358. The third-order valence-electron chi connectivity index (χ3n) is 6.65. The van der Waals surface area contributed by atoms with E-state index < -0.39 is 29.4 Å². The molecule has 0 aliphatic rings. The van der Waals surface area contributed by atoms with Gasteiger partial charge >= 0.3 is 17.8 Å². The number of halogens is 3. The molecule has 14 heteroatoms. The number of aryl methyl sites for hydroxylation is 1. The van der Waals surface area contributed by atoms with Crippen LogP contribution in [-0.4, -0.2) is 46.6 Å². The summed E-state index contributed by atoms with van der Waals surface area (Å²) in [6.07, 6.45) is -5.29. The molecule has 0 amide bonds. The van der Waals surface area contributed by atoms with E-state index in [1.807, 2.05) is 6.07 Å². The number of aromatic amines is 1.